The molecule has 1 aromatic carbocycles. The average molecular weight is 312 g/mol. The van der Waals surface area contributed by atoms with E-state index in [-0.39, 0.29) is 5.91 Å². The summed E-state index contributed by atoms with van der Waals surface area (Å²) in [6.07, 6.45) is 0.951. The van der Waals surface area contributed by atoms with Gasteiger partial charge in [-0.15, -0.1) is 0 Å². The fourth-order valence-electron chi connectivity index (χ4n) is 2.65. The fraction of sp³-hybridized carbons (Fsp3) is 0.562. The van der Waals surface area contributed by atoms with Crippen molar-refractivity contribution in [2.45, 2.75) is 45.3 Å². The van der Waals surface area contributed by atoms with E-state index in [4.69, 9.17) is 16.3 Å². The second-order valence-corrected chi connectivity index (χ2v) is 6.47. The maximum atomic E-state index is 12.4. The molecule has 1 N–H and O–H groups in total. The van der Waals surface area contributed by atoms with Gasteiger partial charge in [-0.25, -0.2) is 0 Å². The van der Waals surface area contributed by atoms with Crippen molar-refractivity contribution in [3.8, 4) is 5.75 Å². The molecule has 21 heavy (non-hydrogen) atoms. The molecule has 1 saturated heterocycles. The van der Waals surface area contributed by atoms with Crippen molar-refractivity contribution < 1.29 is 14.6 Å². The first-order valence-corrected chi connectivity index (χ1v) is 7.60. The molecule has 2 atom stereocenters. The lowest BCUT2D eigenvalue weighted by Gasteiger charge is -2.37. The summed E-state index contributed by atoms with van der Waals surface area (Å²) in [5.74, 6) is 0.563. The zero-order chi connectivity index (χ0) is 15.6. The maximum absolute atomic E-state index is 12.4. The smallest absolute Gasteiger partial charge is 0.263 e. The van der Waals surface area contributed by atoms with Gasteiger partial charge in [0.25, 0.3) is 5.91 Å². The second kappa shape index (κ2) is 6.24. The van der Waals surface area contributed by atoms with E-state index in [1.54, 1.807) is 36.9 Å². The van der Waals surface area contributed by atoms with Crippen molar-refractivity contribution in [1.29, 1.82) is 0 Å². The zero-order valence-corrected chi connectivity index (χ0v) is 13.5. The van der Waals surface area contributed by atoms with Crippen molar-refractivity contribution in [3.63, 3.8) is 0 Å². The highest BCUT2D eigenvalue weighted by molar-refractivity contribution is 6.30. The minimum absolute atomic E-state index is 0.0932. The Kier molecular flexibility index (Phi) is 4.79. The minimum Gasteiger partial charge on any atom is -0.481 e. The van der Waals surface area contributed by atoms with Gasteiger partial charge in [-0.2, -0.15) is 0 Å². The Bertz CT molecular complexity index is 530. The first-order chi connectivity index (χ1) is 9.78. The molecule has 0 radical (unpaired) electrons. The van der Waals surface area contributed by atoms with Crippen molar-refractivity contribution in [2.75, 3.05) is 13.1 Å². The van der Waals surface area contributed by atoms with Crippen molar-refractivity contribution in [2.24, 2.45) is 0 Å². The molecule has 1 aliphatic rings. The van der Waals surface area contributed by atoms with Crippen molar-refractivity contribution in [3.05, 3.63) is 28.8 Å². The SMILES string of the molecule is Cc1cc(Cl)ccc1OC(C)C(=O)N1CCCC(C)(O)C1. The number of benzene rings is 1. The fourth-order valence-corrected chi connectivity index (χ4v) is 2.88. The summed E-state index contributed by atoms with van der Waals surface area (Å²) in [4.78, 5) is 14.1. The van der Waals surface area contributed by atoms with Crippen LogP contribution in [-0.4, -0.2) is 40.7 Å². The number of aryl methyl sites for hydroxylation is 1. The van der Waals surface area contributed by atoms with E-state index in [1.165, 1.54) is 0 Å². The number of halogens is 1. The number of hydrogen-bond donors (Lipinski definition) is 1. The van der Waals surface area contributed by atoms with Gasteiger partial charge in [0, 0.05) is 18.1 Å². The molecule has 4 nitrogen and oxygen atoms in total. The molecule has 1 aliphatic heterocycles. The Morgan fingerprint density at radius 1 is 1.52 bits per heavy atom. The number of nitrogens with zero attached hydrogens (tertiary/aromatic N) is 1. The second-order valence-electron chi connectivity index (χ2n) is 6.03. The standard InChI is InChI=1S/C16H22ClNO3/c1-11-9-13(17)5-6-14(11)21-12(2)15(19)18-8-4-7-16(3,20)10-18/h5-6,9,12,20H,4,7-8,10H2,1-3H3. The number of ether oxygens (including phenoxy) is 1. The Hall–Kier alpha value is -1.26. The first kappa shape index (κ1) is 16.1. The van der Waals surface area contributed by atoms with Crippen molar-refractivity contribution in [1.82, 2.24) is 4.90 Å². The number of rotatable bonds is 3. The van der Waals surface area contributed by atoms with Gasteiger partial charge in [-0.05, 0) is 57.4 Å². The summed E-state index contributed by atoms with van der Waals surface area (Å²) in [7, 11) is 0. The largest absolute Gasteiger partial charge is 0.481 e. The van der Waals surface area contributed by atoms with Crippen LogP contribution in [0.3, 0.4) is 0 Å². The molecular weight excluding hydrogens is 290 g/mol. The van der Waals surface area contributed by atoms with Crippen LogP contribution in [0.4, 0.5) is 0 Å². The monoisotopic (exact) mass is 311 g/mol. The Morgan fingerprint density at radius 2 is 2.24 bits per heavy atom. The molecule has 2 unspecified atom stereocenters. The van der Waals surface area contributed by atoms with Crippen LogP contribution in [0.2, 0.25) is 5.02 Å². The number of piperidine rings is 1. The summed E-state index contributed by atoms with van der Waals surface area (Å²) in [6.45, 7) is 6.42. The molecule has 0 spiro atoms. The third-order valence-electron chi connectivity index (χ3n) is 3.78. The third kappa shape index (κ3) is 4.11. The van der Waals surface area contributed by atoms with Gasteiger partial charge in [-0.1, -0.05) is 11.6 Å². The summed E-state index contributed by atoms with van der Waals surface area (Å²) in [5.41, 5.74) is 0.0943. The minimum atomic E-state index is -0.802. The lowest BCUT2D eigenvalue weighted by molar-refractivity contribution is -0.144. The quantitative estimate of drug-likeness (QED) is 0.934. The van der Waals surface area contributed by atoms with Crippen LogP contribution in [-0.2, 0) is 4.79 Å². The molecule has 0 bridgehead atoms. The van der Waals surface area contributed by atoms with E-state index in [0.717, 1.165) is 18.4 Å². The highest BCUT2D eigenvalue weighted by atomic mass is 35.5. The van der Waals surface area contributed by atoms with E-state index in [1.807, 2.05) is 6.92 Å². The van der Waals surface area contributed by atoms with Gasteiger partial charge in [-0.3, -0.25) is 4.79 Å². The number of likely N-dealkylation sites (tertiary alicyclic amines) is 1. The van der Waals surface area contributed by atoms with Gasteiger partial charge >= 0.3 is 0 Å². The predicted octanol–water partition coefficient (Wildman–Crippen LogP) is 2.79. The summed E-state index contributed by atoms with van der Waals surface area (Å²) >= 11 is 5.91. The molecule has 2 rings (SSSR count). The Balaban J connectivity index is 2.02. The number of aliphatic hydroxyl groups is 1. The third-order valence-corrected chi connectivity index (χ3v) is 4.01. The Labute approximate surface area is 130 Å². The molecular formula is C16H22ClNO3. The number of amides is 1. The molecule has 0 aromatic heterocycles. The lowest BCUT2D eigenvalue weighted by atomic mass is 9.95. The summed E-state index contributed by atoms with van der Waals surface area (Å²) in [5, 5.41) is 10.7. The van der Waals surface area contributed by atoms with Crippen LogP contribution in [0.25, 0.3) is 0 Å². The topological polar surface area (TPSA) is 49.8 Å². The molecule has 116 valence electrons. The van der Waals surface area contributed by atoms with Crippen LogP contribution < -0.4 is 4.74 Å². The first-order valence-electron chi connectivity index (χ1n) is 7.22. The molecule has 5 heteroatoms. The highest BCUT2D eigenvalue weighted by Crippen LogP contribution is 2.25. The number of β-amino-alcohol motifs (C(OH)–C–C–N with tert-alkyl or cyclic N) is 1. The Morgan fingerprint density at radius 3 is 2.86 bits per heavy atom. The number of hydrogen-bond acceptors (Lipinski definition) is 3. The average Bonchev–Trinajstić information content (AvgIpc) is 2.40. The predicted molar refractivity (Wildman–Crippen MR) is 82.7 cm³/mol. The van der Waals surface area contributed by atoms with Crippen LogP contribution in [0, 0.1) is 6.92 Å². The molecule has 1 fully saturated rings. The molecule has 1 heterocycles. The van der Waals surface area contributed by atoms with Crippen molar-refractivity contribution >= 4 is 17.5 Å². The van der Waals surface area contributed by atoms with E-state index < -0.39 is 11.7 Å². The zero-order valence-electron chi connectivity index (χ0n) is 12.7. The van der Waals surface area contributed by atoms with E-state index in [2.05, 4.69) is 0 Å². The number of carbonyl (C=O) groups is 1. The van der Waals surface area contributed by atoms with Gasteiger partial charge in [0.15, 0.2) is 6.10 Å². The van der Waals surface area contributed by atoms with Gasteiger partial charge in [0.05, 0.1) is 5.60 Å². The maximum Gasteiger partial charge on any atom is 0.263 e. The lowest BCUT2D eigenvalue weighted by Crippen LogP contribution is -2.51. The normalized spacial score (nSPS) is 23.8. The van der Waals surface area contributed by atoms with E-state index in [0.29, 0.717) is 23.9 Å². The van der Waals surface area contributed by atoms with E-state index >= 15 is 0 Å². The van der Waals surface area contributed by atoms with Gasteiger partial charge in [0.1, 0.15) is 5.75 Å². The van der Waals surface area contributed by atoms with Gasteiger partial charge in [0.2, 0.25) is 0 Å². The summed E-state index contributed by atoms with van der Waals surface area (Å²) < 4.78 is 5.75. The van der Waals surface area contributed by atoms with E-state index in [9.17, 15) is 9.90 Å². The highest BCUT2D eigenvalue weighted by Gasteiger charge is 2.33. The molecule has 0 aliphatic carbocycles. The molecule has 1 amide bonds. The van der Waals surface area contributed by atoms with Crippen LogP contribution in [0.5, 0.6) is 5.75 Å². The number of carbonyl (C=O) groups excluding carboxylic acids is 1. The molecule has 1 aromatic rings. The van der Waals surface area contributed by atoms with Gasteiger partial charge < -0.3 is 14.7 Å². The van der Waals surface area contributed by atoms with Crippen LogP contribution in [0.15, 0.2) is 18.2 Å². The van der Waals surface area contributed by atoms with Crippen LogP contribution in [0.1, 0.15) is 32.3 Å². The van der Waals surface area contributed by atoms with Crippen LogP contribution >= 0.6 is 11.6 Å². The summed E-state index contributed by atoms with van der Waals surface area (Å²) in [6, 6.07) is 5.32. The molecule has 0 saturated carbocycles.